The Kier molecular flexibility index (Phi) is 6.70. The van der Waals surface area contributed by atoms with Crippen LogP contribution in [0.3, 0.4) is 0 Å². The van der Waals surface area contributed by atoms with Crippen LogP contribution in [-0.4, -0.2) is 73.7 Å². The molecule has 2 fully saturated rings. The number of likely N-dealkylation sites (tertiary alicyclic amines) is 1. The zero-order valence-corrected chi connectivity index (χ0v) is 19.2. The molecule has 2 aliphatic rings. The zero-order valence-electron chi connectivity index (χ0n) is 18.4. The molecule has 0 spiro atoms. The summed E-state index contributed by atoms with van der Waals surface area (Å²) in [6.07, 6.45) is 1.17. The Bertz CT molecular complexity index is 837. The minimum Gasteiger partial charge on any atom is -0.341 e. The fraction of sp³-hybridized carbons (Fsp3) is 0.682. The molecule has 1 aromatic carbocycles. The van der Waals surface area contributed by atoms with Gasteiger partial charge >= 0.3 is 0 Å². The molecule has 0 N–H and O–H groups in total. The van der Waals surface area contributed by atoms with Crippen LogP contribution < -0.4 is 0 Å². The van der Waals surface area contributed by atoms with Gasteiger partial charge in [-0.15, -0.1) is 0 Å². The monoisotopic (exact) mass is 421 g/mol. The van der Waals surface area contributed by atoms with E-state index in [1.54, 1.807) is 10.4 Å². The number of sulfonamides is 1. The second-order valence-electron chi connectivity index (χ2n) is 9.07. The van der Waals surface area contributed by atoms with Crippen molar-refractivity contribution in [2.45, 2.75) is 52.0 Å². The van der Waals surface area contributed by atoms with Crippen LogP contribution >= 0.6 is 0 Å². The highest BCUT2D eigenvalue weighted by atomic mass is 32.2. The minimum atomic E-state index is -3.51. The van der Waals surface area contributed by atoms with E-state index in [0.29, 0.717) is 42.9 Å². The third-order valence-corrected chi connectivity index (χ3v) is 8.36. The molecule has 3 rings (SSSR count). The Morgan fingerprint density at radius 1 is 1.03 bits per heavy atom. The Balaban J connectivity index is 1.64. The van der Waals surface area contributed by atoms with Gasteiger partial charge in [0.1, 0.15) is 0 Å². The molecule has 2 saturated heterocycles. The zero-order chi connectivity index (χ0) is 21.3. The fourth-order valence-corrected chi connectivity index (χ4v) is 6.45. The van der Waals surface area contributed by atoms with Gasteiger partial charge in [-0.2, -0.15) is 4.31 Å². The van der Waals surface area contributed by atoms with Gasteiger partial charge in [0.15, 0.2) is 0 Å². The van der Waals surface area contributed by atoms with Gasteiger partial charge in [-0.1, -0.05) is 26.0 Å². The van der Waals surface area contributed by atoms with Crippen molar-refractivity contribution in [3.8, 4) is 0 Å². The highest BCUT2D eigenvalue weighted by Gasteiger charge is 2.35. The standard InChI is InChI=1S/C22H35N3O3S/c1-16-6-7-19(4)21(13-16)29(27,28)25-10-8-23(9-11-25)20(5)22(26)24-14-17(2)12-18(3)15-24/h6-7,13,17-18,20H,8-12,14-15H2,1-5H3. The van der Waals surface area contributed by atoms with Crippen LogP contribution in [-0.2, 0) is 14.8 Å². The molecular weight excluding hydrogens is 386 g/mol. The molecule has 3 unspecified atom stereocenters. The number of amides is 1. The van der Waals surface area contributed by atoms with Gasteiger partial charge in [-0.3, -0.25) is 9.69 Å². The largest absolute Gasteiger partial charge is 0.341 e. The number of benzene rings is 1. The van der Waals surface area contributed by atoms with Crippen LogP contribution in [0.4, 0.5) is 0 Å². The van der Waals surface area contributed by atoms with Crippen molar-refractivity contribution in [2.24, 2.45) is 11.8 Å². The molecule has 3 atom stereocenters. The van der Waals surface area contributed by atoms with Crippen LogP contribution in [0.5, 0.6) is 0 Å². The topological polar surface area (TPSA) is 60.9 Å². The van der Waals surface area contributed by atoms with Gasteiger partial charge in [0, 0.05) is 39.3 Å². The minimum absolute atomic E-state index is 0.175. The predicted molar refractivity (Wildman–Crippen MR) is 115 cm³/mol. The summed E-state index contributed by atoms with van der Waals surface area (Å²) >= 11 is 0. The summed E-state index contributed by atoms with van der Waals surface area (Å²) in [7, 11) is -3.51. The molecule has 6 nitrogen and oxygen atoms in total. The maximum absolute atomic E-state index is 13.1. The Hall–Kier alpha value is -1.44. The highest BCUT2D eigenvalue weighted by Crippen LogP contribution is 2.25. The van der Waals surface area contributed by atoms with Gasteiger partial charge in [0.2, 0.25) is 15.9 Å². The average Bonchev–Trinajstić information content (AvgIpc) is 2.68. The van der Waals surface area contributed by atoms with E-state index in [1.807, 2.05) is 37.8 Å². The van der Waals surface area contributed by atoms with Crippen LogP contribution in [0.15, 0.2) is 23.1 Å². The third kappa shape index (κ3) is 4.84. The molecule has 2 heterocycles. The lowest BCUT2D eigenvalue weighted by Gasteiger charge is -2.41. The van der Waals surface area contributed by atoms with Gasteiger partial charge < -0.3 is 4.90 Å². The summed E-state index contributed by atoms with van der Waals surface area (Å²) in [6, 6.07) is 5.34. The molecule has 1 amide bonds. The molecule has 0 aromatic heterocycles. The summed E-state index contributed by atoms with van der Waals surface area (Å²) in [4.78, 5) is 17.5. The van der Waals surface area contributed by atoms with E-state index in [0.717, 1.165) is 24.2 Å². The first-order chi connectivity index (χ1) is 13.6. The summed E-state index contributed by atoms with van der Waals surface area (Å²) < 4.78 is 27.8. The van der Waals surface area contributed by atoms with Crippen molar-refractivity contribution in [1.29, 1.82) is 0 Å². The number of hydrogen-bond acceptors (Lipinski definition) is 4. The molecule has 0 bridgehead atoms. The van der Waals surface area contributed by atoms with Crippen LogP contribution in [0.2, 0.25) is 0 Å². The van der Waals surface area contributed by atoms with Gasteiger partial charge in [-0.25, -0.2) is 8.42 Å². The number of hydrogen-bond donors (Lipinski definition) is 0. The molecule has 2 aliphatic heterocycles. The average molecular weight is 422 g/mol. The third-order valence-electron chi connectivity index (χ3n) is 6.32. The quantitative estimate of drug-likeness (QED) is 0.749. The Labute approximate surface area is 175 Å². The van der Waals surface area contributed by atoms with Crippen molar-refractivity contribution >= 4 is 15.9 Å². The number of aryl methyl sites for hydroxylation is 2. The van der Waals surface area contributed by atoms with Gasteiger partial charge in [0.25, 0.3) is 0 Å². The lowest BCUT2D eigenvalue weighted by molar-refractivity contribution is -0.139. The van der Waals surface area contributed by atoms with E-state index >= 15 is 0 Å². The summed E-state index contributed by atoms with van der Waals surface area (Å²) in [5, 5.41) is 0. The summed E-state index contributed by atoms with van der Waals surface area (Å²) in [5.41, 5.74) is 1.71. The Morgan fingerprint density at radius 2 is 1.62 bits per heavy atom. The van der Waals surface area contributed by atoms with E-state index in [9.17, 15) is 13.2 Å². The Morgan fingerprint density at radius 3 is 2.21 bits per heavy atom. The molecule has 7 heteroatoms. The lowest BCUT2D eigenvalue weighted by Crippen LogP contribution is -2.56. The molecule has 0 aliphatic carbocycles. The van der Waals surface area contributed by atoms with Crippen molar-refractivity contribution in [1.82, 2.24) is 14.1 Å². The number of piperazine rings is 1. The highest BCUT2D eigenvalue weighted by molar-refractivity contribution is 7.89. The number of carbonyl (C=O) groups excluding carboxylic acids is 1. The number of nitrogens with zero attached hydrogens (tertiary/aromatic N) is 3. The maximum atomic E-state index is 13.1. The predicted octanol–water partition coefficient (Wildman–Crippen LogP) is 2.50. The normalized spacial score (nSPS) is 25.8. The van der Waals surface area contributed by atoms with Gasteiger partial charge in [0.05, 0.1) is 10.9 Å². The molecule has 1 aromatic rings. The molecule has 29 heavy (non-hydrogen) atoms. The summed E-state index contributed by atoms with van der Waals surface area (Å²) in [5.74, 6) is 1.25. The maximum Gasteiger partial charge on any atom is 0.243 e. The molecule has 0 saturated carbocycles. The molecule has 0 radical (unpaired) electrons. The first-order valence-corrected chi connectivity index (χ1v) is 12.1. The fourth-order valence-electron chi connectivity index (χ4n) is 4.72. The first kappa shape index (κ1) is 22.2. The lowest BCUT2D eigenvalue weighted by atomic mass is 9.91. The van der Waals surface area contributed by atoms with Crippen LogP contribution in [0.1, 0.15) is 38.3 Å². The van der Waals surface area contributed by atoms with Crippen molar-refractivity contribution < 1.29 is 13.2 Å². The second-order valence-corrected chi connectivity index (χ2v) is 11.0. The van der Waals surface area contributed by atoms with Crippen LogP contribution in [0.25, 0.3) is 0 Å². The van der Waals surface area contributed by atoms with Crippen LogP contribution in [0, 0.1) is 25.7 Å². The van der Waals surface area contributed by atoms with E-state index in [1.165, 1.54) is 6.42 Å². The smallest absolute Gasteiger partial charge is 0.243 e. The van der Waals surface area contributed by atoms with E-state index in [2.05, 4.69) is 18.7 Å². The molecule has 162 valence electrons. The number of piperidine rings is 1. The summed E-state index contributed by atoms with van der Waals surface area (Å²) in [6.45, 7) is 13.8. The first-order valence-electron chi connectivity index (χ1n) is 10.7. The van der Waals surface area contributed by atoms with E-state index in [-0.39, 0.29) is 11.9 Å². The molecular formula is C22H35N3O3S. The van der Waals surface area contributed by atoms with E-state index < -0.39 is 10.0 Å². The van der Waals surface area contributed by atoms with Gasteiger partial charge in [-0.05, 0) is 56.2 Å². The van der Waals surface area contributed by atoms with Crippen molar-refractivity contribution in [3.63, 3.8) is 0 Å². The second kappa shape index (κ2) is 8.74. The SMILES string of the molecule is Cc1ccc(C)c(S(=O)(=O)N2CCN(C(C)C(=O)N3CC(C)CC(C)C3)CC2)c1. The van der Waals surface area contributed by atoms with Crippen molar-refractivity contribution in [3.05, 3.63) is 29.3 Å². The van der Waals surface area contributed by atoms with Crippen molar-refractivity contribution in [2.75, 3.05) is 39.3 Å². The van der Waals surface area contributed by atoms with E-state index in [4.69, 9.17) is 0 Å². The number of carbonyl (C=O) groups is 1. The number of rotatable bonds is 4.